The monoisotopic (exact) mass is 306 g/mol. The van der Waals surface area contributed by atoms with Gasteiger partial charge in [0.1, 0.15) is 5.75 Å². The van der Waals surface area contributed by atoms with Gasteiger partial charge in [0.25, 0.3) is 0 Å². The van der Waals surface area contributed by atoms with Crippen molar-refractivity contribution in [3.8, 4) is 5.75 Å². The molecule has 0 aliphatic carbocycles. The van der Waals surface area contributed by atoms with E-state index in [-0.39, 0.29) is 30.3 Å². The molecule has 0 radical (unpaired) electrons. The molecule has 19 heavy (non-hydrogen) atoms. The van der Waals surface area contributed by atoms with Crippen LogP contribution >= 0.6 is 24.0 Å². The fourth-order valence-electron chi connectivity index (χ4n) is 1.30. The first kappa shape index (κ1) is 18.0. The summed E-state index contributed by atoms with van der Waals surface area (Å²) in [6.45, 7) is 5.94. The smallest absolute Gasteiger partial charge is 0.228 e. The third kappa shape index (κ3) is 5.68. The maximum absolute atomic E-state index is 11.7. The van der Waals surface area contributed by atoms with E-state index in [1.54, 1.807) is 25.1 Å². The van der Waals surface area contributed by atoms with E-state index in [1.165, 1.54) is 0 Å². The van der Waals surface area contributed by atoms with E-state index in [1.807, 2.05) is 13.8 Å². The van der Waals surface area contributed by atoms with Crippen LogP contribution in [0.5, 0.6) is 5.75 Å². The Bertz CT molecular complexity index is 425. The van der Waals surface area contributed by atoms with Crippen molar-refractivity contribution in [3.63, 3.8) is 0 Å². The van der Waals surface area contributed by atoms with Gasteiger partial charge in [-0.25, -0.2) is 0 Å². The Morgan fingerprint density at radius 3 is 2.53 bits per heavy atom. The summed E-state index contributed by atoms with van der Waals surface area (Å²) in [5, 5.41) is 3.23. The Kier molecular flexibility index (Phi) is 7.83. The molecular weight excluding hydrogens is 287 g/mol. The molecule has 1 amide bonds. The number of nitrogens with two attached hydrogens (primary N) is 1. The van der Waals surface area contributed by atoms with Crippen LogP contribution in [0.2, 0.25) is 5.02 Å². The quantitative estimate of drug-likeness (QED) is 0.878. The lowest BCUT2D eigenvalue weighted by Gasteiger charge is -2.14. The van der Waals surface area contributed by atoms with Gasteiger partial charge in [0.2, 0.25) is 5.91 Å². The van der Waals surface area contributed by atoms with E-state index in [9.17, 15) is 4.79 Å². The minimum Gasteiger partial charge on any atom is -0.489 e. The fourth-order valence-corrected chi connectivity index (χ4v) is 1.53. The standard InChI is InChI=1S/C13H19ClN2O2.ClH/c1-8(2)18-12-5-4-10(6-11(12)14)16-13(17)9(3)7-15;/h4-6,8-9H,7,15H2,1-3H3,(H,16,17);1H. The van der Waals surface area contributed by atoms with Crippen LogP contribution in [0.4, 0.5) is 5.69 Å². The highest BCUT2D eigenvalue weighted by Crippen LogP contribution is 2.28. The van der Waals surface area contributed by atoms with Gasteiger partial charge in [0.05, 0.1) is 11.1 Å². The highest BCUT2D eigenvalue weighted by molar-refractivity contribution is 6.32. The third-order valence-corrected chi connectivity index (χ3v) is 2.66. The molecule has 0 bridgehead atoms. The van der Waals surface area contributed by atoms with Gasteiger partial charge in [0.15, 0.2) is 0 Å². The molecule has 1 rings (SSSR count). The summed E-state index contributed by atoms with van der Waals surface area (Å²) < 4.78 is 5.51. The number of hydrogen-bond donors (Lipinski definition) is 2. The third-order valence-electron chi connectivity index (χ3n) is 2.36. The van der Waals surface area contributed by atoms with Crippen molar-refractivity contribution in [3.05, 3.63) is 23.2 Å². The molecule has 0 aromatic heterocycles. The average Bonchev–Trinajstić information content (AvgIpc) is 2.31. The molecule has 0 fully saturated rings. The first-order chi connectivity index (χ1) is 8.43. The van der Waals surface area contributed by atoms with Gasteiger partial charge < -0.3 is 15.8 Å². The molecule has 0 aliphatic rings. The molecule has 1 aromatic rings. The number of anilines is 1. The summed E-state index contributed by atoms with van der Waals surface area (Å²) in [7, 11) is 0. The van der Waals surface area contributed by atoms with Crippen LogP contribution in [0.25, 0.3) is 0 Å². The number of ether oxygens (including phenoxy) is 1. The van der Waals surface area contributed by atoms with Gasteiger partial charge in [-0.2, -0.15) is 0 Å². The highest BCUT2D eigenvalue weighted by atomic mass is 35.5. The number of carbonyl (C=O) groups is 1. The van der Waals surface area contributed by atoms with Gasteiger partial charge in [-0.05, 0) is 32.0 Å². The fraction of sp³-hybridized carbons (Fsp3) is 0.462. The second kappa shape index (κ2) is 8.25. The minimum atomic E-state index is -0.227. The number of amides is 1. The number of halogens is 2. The first-order valence-corrected chi connectivity index (χ1v) is 6.29. The minimum absolute atomic E-state index is 0. The lowest BCUT2D eigenvalue weighted by molar-refractivity contribution is -0.119. The van der Waals surface area contributed by atoms with Gasteiger partial charge in [-0.1, -0.05) is 18.5 Å². The number of benzene rings is 1. The summed E-state index contributed by atoms with van der Waals surface area (Å²) in [5.41, 5.74) is 6.07. The molecule has 0 aliphatic heterocycles. The molecular formula is C13H20Cl2N2O2. The van der Waals surface area contributed by atoms with Gasteiger partial charge in [-0.3, -0.25) is 4.79 Å². The zero-order valence-electron chi connectivity index (χ0n) is 11.3. The molecule has 1 unspecified atom stereocenters. The number of rotatable bonds is 5. The molecule has 0 heterocycles. The molecule has 0 spiro atoms. The molecule has 0 saturated heterocycles. The average molecular weight is 307 g/mol. The van der Waals surface area contributed by atoms with E-state index in [0.29, 0.717) is 23.0 Å². The van der Waals surface area contributed by atoms with E-state index < -0.39 is 0 Å². The van der Waals surface area contributed by atoms with Crippen LogP contribution in [0.15, 0.2) is 18.2 Å². The summed E-state index contributed by atoms with van der Waals surface area (Å²) in [6, 6.07) is 5.16. The van der Waals surface area contributed by atoms with Crippen LogP contribution in [0.1, 0.15) is 20.8 Å². The predicted molar refractivity (Wildman–Crippen MR) is 81.3 cm³/mol. The predicted octanol–water partition coefficient (Wildman–Crippen LogP) is 3.08. The van der Waals surface area contributed by atoms with Crippen molar-refractivity contribution in [2.75, 3.05) is 11.9 Å². The van der Waals surface area contributed by atoms with Crippen molar-refractivity contribution in [2.24, 2.45) is 11.7 Å². The zero-order valence-corrected chi connectivity index (χ0v) is 12.8. The van der Waals surface area contributed by atoms with Gasteiger partial charge in [-0.15, -0.1) is 12.4 Å². The number of nitrogens with one attached hydrogen (secondary N) is 1. The van der Waals surface area contributed by atoms with Crippen LogP contribution in [-0.4, -0.2) is 18.6 Å². The maximum Gasteiger partial charge on any atom is 0.228 e. The van der Waals surface area contributed by atoms with Crippen molar-refractivity contribution in [1.82, 2.24) is 0 Å². The molecule has 3 N–H and O–H groups in total. The Labute approximate surface area is 125 Å². The second-order valence-electron chi connectivity index (χ2n) is 4.44. The largest absolute Gasteiger partial charge is 0.489 e. The molecule has 6 heteroatoms. The lowest BCUT2D eigenvalue weighted by Crippen LogP contribution is -2.26. The van der Waals surface area contributed by atoms with E-state index in [0.717, 1.165) is 0 Å². The summed E-state index contributed by atoms with van der Waals surface area (Å²) in [4.78, 5) is 11.7. The molecule has 108 valence electrons. The maximum atomic E-state index is 11.7. The topological polar surface area (TPSA) is 64.3 Å². The van der Waals surface area contributed by atoms with Crippen LogP contribution in [0, 0.1) is 5.92 Å². The van der Waals surface area contributed by atoms with Crippen molar-refractivity contribution < 1.29 is 9.53 Å². The van der Waals surface area contributed by atoms with E-state index in [2.05, 4.69) is 5.32 Å². The van der Waals surface area contributed by atoms with Crippen molar-refractivity contribution in [2.45, 2.75) is 26.9 Å². The molecule has 4 nitrogen and oxygen atoms in total. The van der Waals surface area contributed by atoms with E-state index in [4.69, 9.17) is 22.1 Å². The Balaban J connectivity index is 0.00000324. The van der Waals surface area contributed by atoms with Crippen molar-refractivity contribution >= 4 is 35.6 Å². The van der Waals surface area contributed by atoms with Gasteiger partial charge >= 0.3 is 0 Å². The Morgan fingerprint density at radius 2 is 2.05 bits per heavy atom. The van der Waals surface area contributed by atoms with E-state index >= 15 is 0 Å². The zero-order chi connectivity index (χ0) is 13.7. The Morgan fingerprint density at radius 1 is 1.42 bits per heavy atom. The van der Waals surface area contributed by atoms with Crippen molar-refractivity contribution in [1.29, 1.82) is 0 Å². The number of hydrogen-bond acceptors (Lipinski definition) is 3. The highest BCUT2D eigenvalue weighted by Gasteiger charge is 2.12. The molecule has 1 atom stereocenters. The lowest BCUT2D eigenvalue weighted by atomic mass is 10.1. The normalized spacial score (nSPS) is 11.7. The number of carbonyl (C=O) groups excluding carboxylic acids is 1. The van der Waals surface area contributed by atoms with Gasteiger partial charge in [0, 0.05) is 18.2 Å². The molecule has 1 aromatic carbocycles. The first-order valence-electron chi connectivity index (χ1n) is 5.91. The summed E-state index contributed by atoms with van der Waals surface area (Å²) >= 11 is 6.07. The van der Waals surface area contributed by atoms with Crippen LogP contribution in [0.3, 0.4) is 0 Å². The van der Waals surface area contributed by atoms with Crippen LogP contribution < -0.4 is 15.8 Å². The van der Waals surface area contributed by atoms with Crippen LogP contribution in [-0.2, 0) is 4.79 Å². The SMILES string of the molecule is CC(C)Oc1ccc(NC(=O)C(C)CN)cc1Cl.Cl. The Hall–Kier alpha value is -0.970. The molecule has 0 saturated carbocycles. The summed E-state index contributed by atoms with van der Waals surface area (Å²) in [5.74, 6) is 0.262. The summed E-state index contributed by atoms with van der Waals surface area (Å²) in [6.07, 6.45) is 0.0557. The second-order valence-corrected chi connectivity index (χ2v) is 4.85.